The van der Waals surface area contributed by atoms with Crippen molar-refractivity contribution in [2.45, 2.75) is 179 Å². The Kier molecular flexibility index (Phi) is 24.8. The van der Waals surface area contributed by atoms with Gasteiger partial charge in [0, 0.05) is 6.42 Å². The fraction of sp³-hybridized carbons (Fsp3) is 0.857. The number of unbranched alkanes of at least 4 members (excludes halogenated alkanes) is 13. The SMILES string of the molecule is CCCCC/C=C/C/C=C/CCCCCCCCCC(=O)N[C@@H](CO[C@H]1O[C@H](CO)[C@H](O)[C@H](O)[C@H]1O)[C@H](O)CCCCCC. The molecule has 0 aromatic carbocycles. The molecule has 7 atom stereocenters. The van der Waals surface area contributed by atoms with Crippen molar-refractivity contribution in [3.05, 3.63) is 24.3 Å². The van der Waals surface area contributed by atoms with Crippen molar-refractivity contribution < 1.29 is 39.8 Å². The third kappa shape index (κ3) is 18.6. The number of carbonyl (C=O) groups is 1. The molecule has 258 valence electrons. The molecule has 0 aliphatic carbocycles. The molecule has 1 aliphatic heterocycles. The monoisotopic (exact) mass is 627 g/mol. The van der Waals surface area contributed by atoms with E-state index < -0.39 is 49.5 Å². The molecule has 9 nitrogen and oxygen atoms in total. The van der Waals surface area contributed by atoms with Gasteiger partial charge in [0.25, 0.3) is 0 Å². The molecule has 44 heavy (non-hydrogen) atoms. The van der Waals surface area contributed by atoms with Crippen molar-refractivity contribution in [1.82, 2.24) is 5.32 Å². The summed E-state index contributed by atoms with van der Waals surface area (Å²) in [4.78, 5) is 12.7. The predicted octanol–water partition coefficient (Wildman–Crippen LogP) is 5.21. The predicted molar refractivity (Wildman–Crippen MR) is 175 cm³/mol. The number of hydrogen-bond donors (Lipinski definition) is 6. The van der Waals surface area contributed by atoms with Crippen molar-refractivity contribution in [2.24, 2.45) is 0 Å². The van der Waals surface area contributed by atoms with E-state index in [2.05, 4.69) is 43.5 Å². The molecule has 1 saturated heterocycles. The zero-order chi connectivity index (χ0) is 32.4. The summed E-state index contributed by atoms with van der Waals surface area (Å²) in [5.41, 5.74) is 0. The third-order valence-corrected chi connectivity index (χ3v) is 8.31. The van der Waals surface area contributed by atoms with Crippen LogP contribution in [0.25, 0.3) is 0 Å². The van der Waals surface area contributed by atoms with Crippen LogP contribution >= 0.6 is 0 Å². The Morgan fingerprint density at radius 3 is 1.98 bits per heavy atom. The van der Waals surface area contributed by atoms with Crippen LogP contribution in [0.15, 0.2) is 24.3 Å². The van der Waals surface area contributed by atoms with Gasteiger partial charge in [0.15, 0.2) is 6.29 Å². The highest BCUT2D eigenvalue weighted by atomic mass is 16.7. The lowest BCUT2D eigenvalue weighted by Crippen LogP contribution is -2.60. The average Bonchev–Trinajstić information content (AvgIpc) is 3.02. The van der Waals surface area contributed by atoms with E-state index in [4.69, 9.17) is 9.47 Å². The molecule has 1 rings (SSSR count). The minimum Gasteiger partial charge on any atom is -0.394 e. The fourth-order valence-corrected chi connectivity index (χ4v) is 5.36. The van der Waals surface area contributed by atoms with Gasteiger partial charge < -0.3 is 40.3 Å². The zero-order valence-electron chi connectivity index (χ0n) is 27.7. The Hall–Kier alpha value is -1.33. The van der Waals surface area contributed by atoms with Crippen molar-refractivity contribution >= 4 is 5.91 Å². The number of aliphatic hydroxyl groups excluding tert-OH is 5. The van der Waals surface area contributed by atoms with E-state index in [9.17, 15) is 30.3 Å². The first-order valence-electron chi connectivity index (χ1n) is 17.5. The lowest BCUT2D eigenvalue weighted by Gasteiger charge is -2.40. The fourth-order valence-electron chi connectivity index (χ4n) is 5.36. The highest BCUT2D eigenvalue weighted by Gasteiger charge is 2.44. The second kappa shape index (κ2) is 26.8. The largest absolute Gasteiger partial charge is 0.394 e. The molecule has 1 amide bonds. The summed E-state index contributed by atoms with van der Waals surface area (Å²) in [7, 11) is 0. The number of aliphatic hydroxyl groups is 5. The molecule has 0 aromatic heterocycles. The van der Waals surface area contributed by atoms with Crippen LogP contribution in [0, 0.1) is 0 Å². The summed E-state index contributed by atoms with van der Waals surface area (Å²) in [6, 6.07) is -0.715. The number of nitrogens with one attached hydrogen (secondary N) is 1. The molecule has 1 aliphatic rings. The summed E-state index contributed by atoms with van der Waals surface area (Å²) in [6.45, 7) is 3.64. The van der Waals surface area contributed by atoms with Crippen LogP contribution in [0.5, 0.6) is 0 Å². The zero-order valence-corrected chi connectivity index (χ0v) is 27.7. The van der Waals surface area contributed by atoms with Gasteiger partial charge in [-0.25, -0.2) is 0 Å². The Balaban J connectivity index is 2.31. The Labute approximate surface area is 267 Å². The molecular weight excluding hydrogens is 562 g/mol. The summed E-state index contributed by atoms with van der Waals surface area (Å²) >= 11 is 0. The van der Waals surface area contributed by atoms with Gasteiger partial charge in [0.2, 0.25) is 5.91 Å². The van der Waals surface area contributed by atoms with Crippen LogP contribution in [0.3, 0.4) is 0 Å². The number of hydrogen-bond acceptors (Lipinski definition) is 8. The Morgan fingerprint density at radius 2 is 1.34 bits per heavy atom. The Morgan fingerprint density at radius 1 is 0.773 bits per heavy atom. The van der Waals surface area contributed by atoms with Gasteiger partial charge in [-0.05, 0) is 44.9 Å². The number of rotatable bonds is 27. The second-order valence-electron chi connectivity index (χ2n) is 12.3. The first-order valence-corrected chi connectivity index (χ1v) is 17.5. The van der Waals surface area contributed by atoms with E-state index in [0.717, 1.165) is 64.2 Å². The van der Waals surface area contributed by atoms with Crippen LogP contribution in [-0.2, 0) is 14.3 Å². The van der Waals surface area contributed by atoms with Crippen molar-refractivity contribution in [3.63, 3.8) is 0 Å². The van der Waals surface area contributed by atoms with Gasteiger partial charge in [-0.2, -0.15) is 0 Å². The molecule has 0 radical (unpaired) electrons. The first-order chi connectivity index (χ1) is 21.3. The van der Waals surface area contributed by atoms with Crippen LogP contribution in [0.1, 0.15) is 136 Å². The minimum absolute atomic E-state index is 0.145. The van der Waals surface area contributed by atoms with Gasteiger partial charge in [-0.15, -0.1) is 0 Å². The van der Waals surface area contributed by atoms with Gasteiger partial charge in [-0.3, -0.25) is 4.79 Å². The maximum absolute atomic E-state index is 12.7. The van der Waals surface area contributed by atoms with Gasteiger partial charge in [0.1, 0.15) is 24.4 Å². The van der Waals surface area contributed by atoms with E-state index in [-0.39, 0.29) is 12.5 Å². The van der Waals surface area contributed by atoms with Crippen molar-refractivity contribution in [1.29, 1.82) is 0 Å². The summed E-state index contributed by atoms with van der Waals surface area (Å²) in [5, 5.41) is 53.4. The normalized spacial score (nSPS) is 23.8. The summed E-state index contributed by atoms with van der Waals surface area (Å²) in [6.07, 6.45) is 21.0. The number of carbonyl (C=O) groups excluding carboxylic acids is 1. The van der Waals surface area contributed by atoms with Gasteiger partial charge in [0.05, 0.1) is 25.4 Å². The average molecular weight is 628 g/mol. The lowest BCUT2D eigenvalue weighted by atomic mass is 9.99. The van der Waals surface area contributed by atoms with E-state index in [0.29, 0.717) is 12.8 Å². The Bertz CT molecular complexity index is 746. The molecule has 0 bridgehead atoms. The number of amides is 1. The molecule has 6 N–H and O–H groups in total. The van der Waals surface area contributed by atoms with Crippen LogP contribution in [0.4, 0.5) is 0 Å². The number of allylic oxidation sites excluding steroid dienone is 4. The summed E-state index contributed by atoms with van der Waals surface area (Å²) < 4.78 is 11.1. The molecule has 1 fully saturated rings. The highest BCUT2D eigenvalue weighted by Crippen LogP contribution is 2.22. The molecule has 0 aromatic rings. The summed E-state index contributed by atoms with van der Waals surface area (Å²) in [5.74, 6) is -0.164. The van der Waals surface area contributed by atoms with Crippen LogP contribution in [-0.4, -0.2) is 87.5 Å². The topological polar surface area (TPSA) is 149 Å². The van der Waals surface area contributed by atoms with E-state index >= 15 is 0 Å². The lowest BCUT2D eigenvalue weighted by molar-refractivity contribution is -0.302. The van der Waals surface area contributed by atoms with E-state index in [1.54, 1.807) is 0 Å². The highest BCUT2D eigenvalue weighted by molar-refractivity contribution is 5.76. The smallest absolute Gasteiger partial charge is 0.220 e. The van der Waals surface area contributed by atoms with E-state index in [1.807, 2.05) is 0 Å². The first kappa shape index (κ1) is 40.7. The van der Waals surface area contributed by atoms with Gasteiger partial charge in [-0.1, -0.05) is 109 Å². The maximum atomic E-state index is 12.7. The molecule has 0 unspecified atom stereocenters. The van der Waals surface area contributed by atoms with Crippen molar-refractivity contribution in [2.75, 3.05) is 13.2 Å². The van der Waals surface area contributed by atoms with Crippen molar-refractivity contribution in [3.8, 4) is 0 Å². The quantitative estimate of drug-likeness (QED) is 0.0537. The molecular formula is C35H65NO8. The third-order valence-electron chi connectivity index (χ3n) is 8.31. The van der Waals surface area contributed by atoms with E-state index in [1.165, 1.54) is 44.9 Å². The molecule has 1 heterocycles. The van der Waals surface area contributed by atoms with Gasteiger partial charge >= 0.3 is 0 Å². The molecule has 9 heteroatoms. The van der Waals surface area contributed by atoms with Crippen LogP contribution in [0.2, 0.25) is 0 Å². The van der Waals surface area contributed by atoms with Crippen LogP contribution < -0.4 is 5.32 Å². The molecule has 0 spiro atoms. The maximum Gasteiger partial charge on any atom is 0.220 e. The number of ether oxygens (including phenoxy) is 2. The minimum atomic E-state index is -1.55. The second-order valence-corrected chi connectivity index (χ2v) is 12.3. The molecule has 0 saturated carbocycles. The standard InChI is InChI=1S/C35H65NO8/c1-3-5-7-9-10-11-12-13-14-15-16-17-18-19-20-21-23-25-31(39)36-28(29(38)24-22-8-6-4-2)27-43-35-34(42)33(41)32(40)30(26-37)44-35/h10-11,13-14,28-30,32-35,37-38,40-42H,3-9,12,15-27H2,1-2H3,(H,36,39)/b11-10+,14-13+/t28-,29+,30+,32-,33-,34+,35-/m0/s1.